The Labute approximate surface area is 197 Å². The number of fused-ring (bicyclic) bond motifs is 1. The fraction of sp³-hybridized carbons (Fsp3) is 0.269. The molecule has 0 fully saturated rings. The smallest absolute Gasteiger partial charge is 0.275 e. The lowest BCUT2D eigenvalue weighted by Gasteiger charge is -2.29. The number of aryl methyl sites for hydroxylation is 1. The van der Waals surface area contributed by atoms with E-state index in [0.29, 0.717) is 29.6 Å². The maximum absolute atomic E-state index is 14.0. The Kier molecular flexibility index (Phi) is 6.89. The first kappa shape index (κ1) is 22.7. The van der Waals surface area contributed by atoms with Crippen LogP contribution in [-0.4, -0.2) is 33.7 Å². The summed E-state index contributed by atoms with van der Waals surface area (Å²) < 4.78 is 6.64. The van der Waals surface area contributed by atoms with Crippen LogP contribution in [0.2, 0.25) is 0 Å². The number of amides is 1. The van der Waals surface area contributed by atoms with Crippen molar-refractivity contribution in [3.63, 3.8) is 0 Å². The Morgan fingerprint density at radius 1 is 1.09 bits per heavy atom. The normalized spacial score (nSPS) is 12.0. The predicted molar refractivity (Wildman–Crippen MR) is 132 cm³/mol. The van der Waals surface area contributed by atoms with Gasteiger partial charge in [-0.25, -0.2) is 4.68 Å². The number of thiophene rings is 1. The van der Waals surface area contributed by atoms with Crippen molar-refractivity contribution in [3.8, 4) is 5.75 Å². The second-order valence-corrected chi connectivity index (χ2v) is 8.96. The van der Waals surface area contributed by atoms with Crippen LogP contribution in [0.15, 0.2) is 70.8 Å². The highest BCUT2D eigenvalue weighted by Gasteiger charge is 2.26. The SMILES string of the molecule is CCn1nc(C(=O)N(Cc2ccc(OC)cc2)[C@H](C)Cc2cccs2)c2ccccc2c1=O. The fourth-order valence-electron chi connectivity index (χ4n) is 3.93. The molecule has 1 amide bonds. The van der Waals surface area contributed by atoms with Gasteiger partial charge in [-0.3, -0.25) is 9.59 Å². The zero-order valence-electron chi connectivity index (χ0n) is 19.0. The van der Waals surface area contributed by atoms with E-state index in [-0.39, 0.29) is 17.5 Å². The number of hydrogen-bond donors (Lipinski definition) is 0. The molecule has 0 bridgehead atoms. The number of methoxy groups -OCH3 is 1. The third-order valence-electron chi connectivity index (χ3n) is 5.75. The van der Waals surface area contributed by atoms with Crippen LogP contribution in [0.5, 0.6) is 5.75 Å². The largest absolute Gasteiger partial charge is 0.497 e. The molecule has 0 unspecified atom stereocenters. The molecular formula is C26H27N3O3S. The van der Waals surface area contributed by atoms with Crippen molar-refractivity contribution in [2.75, 3.05) is 7.11 Å². The van der Waals surface area contributed by atoms with Gasteiger partial charge in [0.1, 0.15) is 5.75 Å². The zero-order chi connectivity index (χ0) is 23.4. The van der Waals surface area contributed by atoms with Crippen LogP contribution in [-0.2, 0) is 19.5 Å². The molecule has 6 nitrogen and oxygen atoms in total. The molecule has 0 aliphatic heterocycles. The van der Waals surface area contributed by atoms with Crippen molar-refractivity contribution >= 4 is 28.0 Å². The molecule has 0 saturated heterocycles. The third kappa shape index (κ3) is 4.83. The number of carbonyl (C=O) groups is 1. The minimum Gasteiger partial charge on any atom is -0.497 e. The molecule has 33 heavy (non-hydrogen) atoms. The first-order valence-corrected chi connectivity index (χ1v) is 11.9. The minimum atomic E-state index is -0.187. The Morgan fingerprint density at radius 2 is 1.82 bits per heavy atom. The third-order valence-corrected chi connectivity index (χ3v) is 6.65. The molecule has 1 atom stereocenters. The van der Waals surface area contributed by atoms with Gasteiger partial charge >= 0.3 is 0 Å². The van der Waals surface area contributed by atoms with Gasteiger partial charge in [-0.05, 0) is 49.1 Å². The number of aromatic nitrogens is 2. The highest BCUT2D eigenvalue weighted by Crippen LogP contribution is 2.22. The summed E-state index contributed by atoms with van der Waals surface area (Å²) in [4.78, 5) is 29.8. The number of hydrogen-bond acceptors (Lipinski definition) is 5. The molecule has 2 heterocycles. The second-order valence-electron chi connectivity index (χ2n) is 7.93. The first-order chi connectivity index (χ1) is 16.0. The average Bonchev–Trinajstić information content (AvgIpc) is 3.36. The van der Waals surface area contributed by atoms with Crippen LogP contribution >= 0.6 is 11.3 Å². The van der Waals surface area contributed by atoms with E-state index in [0.717, 1.165) is 17.7 Å². The Bertz CT molecular complexity index is 1300. The van der Waals surface area contributed by atoms with Crippen LogP contribution in [0, 0.1) is 0 Å². The topological polar surface area (TPSA) is 64.4 Å². The van der Waals surface area contributed by atoms with Gasteiger partial charge in [-0.2, -0.15) is 5.10 Å². The predicted octanol–water partition coefficient (Wildman–Crippen LogP) is 4.76. The number of carbonyl (C=O) groups excluding carboxylic acids is 1. The van der Waals surface area contributed by atoms with E-state index in [1.807, 2.05) is 59.7 Å². The van der Waals surface area contributed by atoms with Crippen molar-refractivity contribution in [1.82, 2.24) is 14.7 Å². The van der Waals surface area contributed by atoms with Gasteiger partial charge in [0.05, 0.1) is 12.5 Å². The average molecular weight is 462 g/mol. The highest BCUT2D eigenvalue weighted by molar-refractivity contribution is 7.09. The maximum atomic E-state index is 14.0. The first-order valence-electron chi connectivity index (χ1n) is 11.0. The van der Waals surface area contributed by atoms with E-state index in [9.17, 15) is 9.59 Å². The molecule has 0 radical (unpaired) electrons. The molecule has 0 spiro atoms. The summed E-state index contributed by atoms with van der Waals surface area (Å²) in [7, 11) is 1.63. The number of ether oxygens (including phenoxy) is 1. The van der Waals surface area contributed by atoms with Crippen molar-refractivity contribution in [2.45, 2.75) is 39.4 Å². The summed E-state index contributed by atoms with van der Waals surface area (Å²) in [6, 6.07) is 19.0. The molecule has 7 heteroatoms. The van der Waals surface area contributed by atoms with Gasteiger partial charge in [0, 0.05) is 35.8 Å². The summed E-state index contributed by atoms with van der Waals surface area (Å²) in [5, 5.41) is 7.62. The summed E-state index contributed by atoms with van der Waals surface area (Å²) >= 11 is 1.68. The molecule has 0 N–H and O–H groups in total. The lowest BCUT2D eigenvalue weighted by molar-refractivity contribution is 0.0669. The van der Waals surface area contributed by atoms with Crippen molar-refractivity contribution in [1.29, 1.82) is 0 Å². The lowest BCUT2D eigenvalue weighted by Crippen LogP contribution is -2.40. The number of rotatable bonds is 8. The van der Waals surface area contributed by atoms with Gasteiger partial charge in [-0.15, -0.1) is 11.3 Å². The molecule has 0 aliphatic carbocycles. The molecular weight excluding hydrogens is 434 g/mol. The van der Waals surface area contributed by atoms with E-state index < -0.39 is 0 Å². The van der Waals surface area contributed by atoms with Gasteiger partial charge in [0.2, 0.25) is 0 Å². The Balaban J connectivity index is 1.76. The Hall–Kier alpha value is -3.45. The van der Waals surface area contributed by atoms with Gasteiger partial charge in [0.25, 0.3) is 11.5 Å². The van der Waals surface area contributed by atoms with Gasteiger partial charge in [0.15, 0.2) is 5.69 Å². The minimum absolute atomic E-state index is 0.0687. The number of benzene rings is 2. The van der Waals surface area contributed by atoms with E-state index in [1.165, 1.54) is 9.56 Å². The quantitative estimate of drug-likeness (QED) is 0.380. The highest BCUT2D eigenvalue weighted by atomic mass is 32.1. The standard InChI is InChI=1S/C26H27N3O3S/c1-4-29-25(30)23-10-6-5-9-22(23)24(27-29)26(31)28(18(2)16-21-8-7-15-33-21)17-19-11-13-20(32-3)14-12-19/h5-15,18H,4,16-17H2,1-3H3/t18-/m1/s1. The Morgan fingerprint density at radius 3 is 2.45 bits per heavy atom. The monoisotopic (exact) mass is 461 g/mol. The van der Waals surface area contributed by atoms with Crippen molar-refractivity contribution in [3.05, 3.63) is 92.5 Å². The molecule has 4 aromatic rings. The summed E-state index contributed by atoms with van der Waals surface area (Å²) in [5.74, 6) is 0.583. The van der Waals surface area contributed by atoms with E-state index in [1.54, 1.807) is 30.6 Å². The lowest BCUT2D eigenvalue weighted by atomic mass is 10.1. The molecule has 2 aromatic carbocycles. The molecule has 170 valence electrons. The van der Waals surface area contributed by atoms with Crippen LogP contribution < -0.4 is 10.3 Å². The van der Waals surface area contributed by atoms with Gasteiger partial charge in [-0.1, -0.05) is 36.4 Å². The molecule has 2 aromatic heterocycles. The van der Waals surface area contributed by atoms with Gasteiger partial charge < -0.3 is 9.64 Å². The number of nitrogens with zero attached hydrogens (tertiary/aromatic N) is 3. The van der Waals surface area contributed by atoms with Crippen LogP contribution in [0.3, 0.4) is 0 Å². The summed E-state index contributed by atoms with van der Waals surface area (Å²) in [5.41, 5.74) is 1.12. The fourth-order valence-corrected chi connectivity index (χ4v) is 4.76. The van der Waals surface area contributed by atoms with E-state index in [2.05, 4.69) is 18.1 Å². The molecule has 0 saturated carbocycles. The van der Waals surface area contributed by atoms with Crippen molar-refractivity contribution < 1.29 is 9.53 Å². The van der Waals surface area contributed by atoms with E-state index in [4.69, 9.17) is 4.74 Å². The summed E-state index contributed by atoms with van der Waals surface area (Å²) in [6.07, 6.45) is 0.741. The van der Waals surface area contributed by atoms with Crippen LogP contribution in [0.25, 0.3) is 10.8 Å². The molecule has 0 aliphatic rings. The second kappa shape index (κ2) is 10.0. The zero-order valence-corrected chi connectivity index (χ0v) is 19.8. The van der Waals surface area contributed by atoms with E-state index >= 15 is 0 Å². The van der Waals surface area contributed by atoms with Crippen molar-refractivity contribution in [2.24, 2.45) is 0 Å². The molecule has 4 rings (SSSR count). The van der Waals surface area contributed by atoms with Crippen LogP contribution in [0.4, 0.5) is 0 Å². The maximum Gasteiger partial charge on any atom is 0.275 e. The van der Waals surface area contributed by atoms with Crippen LogP contribution in [0.1, 0.15) is 34.8 Å². The summed E-state index contributed by atoms with van der Waals surface area (Å²) in [6.45, 7) is 4.73.